The normalized spacial score (nSPS) is 44.6. The van der Waals surface area contributed by atoms with E-state index in [2.05, 4.69) is 38.7 Å². The van der Waals surface area contributed by atoms with E-state index in [-0.39, 0.29) is 0 Å². The summed E-state index contributed by atoms with van der Waals surface area (Å²) in [6.45, 7) is 13.2. The van der Waals surface area contributed by atoms with Crippen molar-refractivity contribution in [3.8, 4) is 0 Å². The number of fused-ring (bicyclic) bond motifs is 5. The van der Waals surface area contributed by atoms with Crippen LogP contribution >= 0.6 is 0 Å². The summed E-state index contributed by atoms with van der Waals surface area (Å²) in [7, 11) is 0. The molecule has 5 unspecified atom stereocenters. The standard InChI is InChI=1S/C21H30.C2H6/c1-4-15-9-11-18-17-10-8-16-7-5-6-13-20(16,2)19(17)12-14-21(15,18)3;1-2/h4,7,9,17-19H,1,5-6,8,10-14H2,2-3H3;1-2H3. The van der Waals surface area contributed by atoms with E-state index >= 15 is 0 Å². The van der Waals surface area contributed by atoms with Crippen molar-refractivity contribution in [3.63, 3.8) is 0 Å². The van der Waals surface area contributed by atoms with E-state index in [1.54, 1.807) is 5.57 Å². The molecule has 4 aliphatic carbocycles. The number of allylic oxidation sites excluding steroid dienone is 5. The summed E-state index contributed by atoms with van der Waals surface area (Å²) in [6.07, 6.45) is 18.4. The SMILES string of the molecule is C=CC1=CCC2C3CCC4=CCCCC4(C)C3CCC12C.CC. The summed E-state index contributed by atoms with van der Waals surface area (Å²) in [4.78, 5) is 0. The third kappa shape index (κ3) is 2.39. The molecule has 23 heavy (non-hydrogen) atoms. The lowest BCUT2D eigenvalue weighted by Gasteiger charge is -2.58. The highest BCUT2D eigenvalue weighted by Crippen LogP contribution is 2.65. The fraction of sp³-hybridized carbons (Fsp3) is 0.739. The lowest BCUT2D eigenvalue weighted by atomic mass is 9.47. The zero-order chi connectivity index (χ0) is 16.7. The maximum atomic E-state index is 4.08. The van der Waals surface area contributed by atoms with E-state index in [4.69, 9.17) is 0 Å². The average molecular weight is 313 g/mol. The molecule has 0 heteroatoms. The molecule has 0 heterocycles. The van der Waals surface area contributed by atoms with E-state index in [1.807, 2.05) is 19.4 Å². The van der Waals surface area contributed by atoms with E-state index in [0.29, 0.717) is 10.8 Å². The zero-order valence-electron chi connectivity index (χ0n) is 15.8. The quantitative estimate of drug-likeness (QED) is 0.453. The molecule has 128 valence electrons. The van der Waals surface area contributed by atoms with Gasteiger partial charge in [0.1, 0.15) is 0 Å². The van der Waals surface area contributed by atoms with Gasteiger partial charge in [0.2, 0.25) is 0 Å². The summed E-state index contributed by atoms with van der Waals surface area (Å²) in [5.74, 6) is 2.80. The molecule has 0 spiro atoms. The molecule has 0 nitrogen and oxygen atoms in total. The van der Waals surface area contributed by atoms with Crippen molar-refractivity contribution in [2.45, 2.75) is 79.1 Å². The van der Waals surface area contributed by atoms with Crippen molar-refractivity contribution in [2.75, 3.05) is 0 Å². The van der Waals surface area contributed by atoms with Gasteiger partial charge in [0.05, 0.1) is 0 Å². The van der Waals surface area contributed by atoms with Gasteiger partial charge in [0.15, 0.2) is 0 Å². The largest absolute Gasteiger partial charge is 0.0988 e. The molecule has 0 aliphatic heterocycles. The molecule has 0 aromatic rings. The van der Waals surface area contributed by atoms with Gasteiger partial charge in [-0.1, -0.05) is 58.1 Å². The van der Waals surface area contributed by atoms with Crippen LogP contribution in [0.15, 0.2) is 36.0 Å². The average Bonchev–Trinajstić information content (AvgIpc) is 2.92. The fourth-order valence-electron chi connectivity index (χ4n) is 6.67. The lowest BCUT2D eigenvalue weighted by molar-refractivity contribution is -0.0273. The van der Waals surface area contributed by atoms with Gasteiger partial charge in [0, 0.05) is 0 Å². The Morgan fingerprint density at radius 2 is 1.83 bits per heavy atom. The summed E-state index contributed by atoms with van der Waals surface area (Å²) in [5, 5.41) is 0. The van der Waals surface area contributed by atoms with Crippen molar-refractivity contribution >= 4 is 0 Å². The molecule has 4 rings (SSSR count). The lowest BCUT2D eigenvalue weighted by Crippen LogP contribution is -2.49. The maximum Gasteiger partial charge on any atom is -0.00446 e. The second kappa shape index (κ2) is 6.26. The molecule has 0 aromatic heterocycles. The monoisotopic (exact) mass is 312 g/mol. The molecule has 0 radical (unpaired) electrons. The second-order valence-corrected chi connectivity index (χ2v) is 8.51. The maximum absolute atomic E-state index is 4.08. The van der Waals surface area contributed by atoms with E-state index < -0.39 is 0 Å². The minimum Gasteiger partial charge on any atom is -0.0988 e. The predicted molar refractivity (Wildman–Crippen MR) is 101 cm³/mol. The summed E-state index contributed by atoms with van der Waals surface area (Å²) >= 11 is 0. The summed E-state index contributed by atoms with van der Waals surface area (Å²) < 4.78 is 0. The third-order valence-electron chi connectivity index (χ3n) is 7.89. The smallest absolute Gasteiger partial charge is 0.00446 e. The van der Waals surface area contributed by atoms with Crippen LogP contribution in [0.25, 0.3) is 0 Å². The van der Waals surface area contributed by atoms with Crippen molar-refractivity contribution in [2.24, 2.45) is 28.6 Å². The van der Waals surface area contributed by atoms with Crippen LogP contribution < -0.4 is 0 Å². The van der Waals surface area contributed by atoms with Crippen LogP contribution in [0.2, 0.25) is 0 Å². The minimum absolute atomic E-state index is 0.440. The molecule has 4 aliphatic rings. The van der Waals surface area contributed by atoms with Gasteiger partial charge in [-0.3, -0.25) is 0 Å². The molecule has 0 N–H and O–H groups in total. The Bertz CT molecular complexity index is 522. The van der Waals surface area contributed by atoms with Crippen LogP contribution in [0.1, 0.15) is 79.1 Å². The van der Waals surface area contributed by atoms with Crippen molar-refractivity contribution in [3.05, 3.63) is 36.0 Å². The van der Waals surface area contributed by atoms with Crippen LogP contribution in [0, 0.1) is 28.6 Å². The Morgan fingerprint density at radius 3 is 2.57 bits per heavy atom. The molecule has 0 amide bonds. The zero-order valence-corrected chi connectivity index (χ0v) is 15.8. The second-order valence-electron chi connectivity index (χ2n) is 8.51. The highest BCUT2D eigenvalue weighted by Gasteiger charge is 2.56. The first-order chi connectivity index (χ1) is 11.1. The first kappa shape index (κ1) is 17.1. The van der Waals surface area contributed by atoms with Crippen molar-refractivity contribution in [1.29, 1.82) is 0 Å². The van der Waals surface area contributed by atoms with E-state index in [9.17, 15) is 0 Å². The number of hydrogen-bond acceptors (Lipinski definition) is 0. The molecule has 0 saturated heterocycles. The molecular weight excluding hydrogens is 276 g/mol. The van der Waals surface area contributed by atoms with Crippen LogP contribution in [0.4, 0.5) is 0 Å². The third-order valence-corrected chi connectivity index (χ3v) is 7.89. The molecule has 0 bridgehead atoms. The van der Waals surface area contributed by atoms with E-state index in [1.165, 1.54) is 51.4 Å². The highest BCUT2D eigenvalue weighted by molar-refractivity contribution is 5.34. The van der Waals surface area contributed by atoms with Gasteiger partial charge in [-0.25, -0.2) is 0 Å². The molecule has 2 saturated carbocycles. The Kier molecular flexibility index (Phi) is 4.64. The first-order valence-corrected chi connectivity index (χ1v) is 10.1. The molecule has 5 atom stereocenters. The Hall–Kier alpha value is -0.780. The van der Waals surface area contributed by atoms with Crippen LogP contribution in [0.3, 0.4) is 0 Å². The van der Waals surface area contributed by atoms with Gasteiger partial charge in [0.25, 0.3) is 0 Å². The van der Waals surface area contributed by atoms with Crippen LogP contribution in [-0.4, -0.2) is 0 Å². The van der Waals surface area contributed by atoms with E-state index in [0.717, 1.165) is 17.8 Å². The highest BCUT2D eigenvalue weighted by atomic mass is 14.6. The van der Waals surface area contributed by atoms with Gasteiger partial charge in [-0.2, -0.15) is 0 Å². The van der Waals surface area contributed by atoms with Gasteiger partial charge < -0.3 is 0 Å². The predicted octanol–water partition coefficient (Wildman–Crippen LogP) is 7.09. The Balaban J connectivity index is 0.000000753. The van der Waals surface area contributed by atoms with Gasteiger partial charge in [-0.05, 0) is 85.5 Å². The first-order valence-electron chi connectivity index (χ1n) is 10.1. The topological polar surface area (TPSA) is 0 Å². The molecule has 0 aromatic carbocycles. The van der Waals surface area contributed by atoms with Crippen LogP contribution in [0.5, 0.6) is 0 Å². The minimum atomic E-state index is 0.440. The van der Waals surface area contributed by atoms with Gasteiger partial charge >= 0.3 is 0 Å². The summed E-state index contributed by atoms with van der Waals surface area (Å²) in [5.41, 5.74) is 4.36. The summed E-state index contributed by atoms with van der Waals surface area (Å²) in [6, 6.07) is 0. The van der Waals surface area contributed by atoms with Gasteiger partial charge in [-0.15, -0.1) is 0 Å². The Labute approximate surface area is 144 Å². The van der Waals surface area contributed by atoms with Crippen molar-refractivity contribution in [1.82, 2.24) is 0 Å². The van der Waals surface area contributed by atoms with Crippen LogP contribution in [-0.2, 0) is 0 Å². The van der Waals surface area contributed by atoms with Crippen molar-refractivity contribution < 1.29 is 0 Å². The number of rotatable bonds is 1. The Morgan fingerprint density at radius 1 is 1.04 bits per heavy atom. The number of hydrogen-bond donors (Lipinski definition) is 0. The fourth-order valence-corrected chi connectivity index (χ4v) is 6.67. The molecular formula is C23H36. The molecule has 2 fully saturated rings.